The van der Waals surface area contributed by atoms with E-state index >= 15 is 0 Å². The van der Waals surface area contributed by atoms with Crippen LogP contribution in [-0.4, -0.2) is 22.2 Å². The number of hydrogen-bond donors (Lipinski definition) is 2. The minimum Gasteiger partial charge on any atom is -0.481 e. The maximum Gasteiger partial charge on any atom is 0.310 e. The molecule has 0 heterocycles. The Morgan fingerprint density at radius 2 is 1.79 bits per heavy atom. The molecule has 1 unspecified atom stereocenters. The van der Waals surface area contributed by atoms with Crippen LogP contribution in [0.3, 0.4) is 0 Å². The van der Waals surface area contributed by atoms with Crippen molar-refractivity contribution in [3.63, 3.8) is 0 Å². The van der Waals surface area contributed by atoms with Crippen LogP contribution in [-0.2, 0) is 9.59 Å². The normalized spacial score (nSPS) is 10.4. The Bertz CT molecular complexity index is 208. The highest BCUT2D eigenvalue weighted by Gasteiger charge is 2.16. The van der Waals surface area contributed by atoms with Crippen LogP contribution in [0.5, 0.6) is 0 Å². The van der Waals surface area contributed by atoms with Crippen LogP contribution < -0.4 is 0 Å². The second kappa shape index (κ2) is 9.51. The van der Waals surface area contributed by atoms with E-state index in [9.17, 15) is 9.59 Å². The van der Waals surface area contributed by atoms with Gasteiger partial charge in [-0.3, -0.25) is 9.59 Å². The van der Waals surface area contributed by atoms with E-state index in [1.807, 2.05) is 6.08 Å². The second-order valence-electron chi connectivity index (χ2n) is 2.48. The number of rotatable bonds is 5. The monoisotopic (exact) mass is 200 g/mol. The Morgan fingerprint density at radius 3 is 1.86 bits per heavy atom. The molecular formula is C10H16O4. The average molecular weight is 200 g/mol. The van der Waals surface area contributed by atoms with Crippen LogP contribution in [0.4, 0.5) is 0 Å². The molecule has 0 rings (SSSR count). The molecule has 0 aliphatic heterocycles. The minimum atomic E-state index is -1.16. The van der Waals surface area contributed by atoms with Gasteiger partial charge in [-0.05, 0) is 6.42 Å². The standard InChI is InChI=1S/C6H8O4.C4H8/c1-2-4(6(9)10)3-5(7)8;1-3-4-2/h2,4H,1,3H2,(H,7,8)(H,9,10);3H,1,4H2,2H3. The van der Waals surface area contributed by atoms with E-state index in [0.717, 1.165) is 12.5 Å². The van der Waals surface area contributed by atoms with Crippen molar-refractivity contribution in [2.24, 2.45) is 5.92 Å². The van der Waals surface area contributed by atoms with Crippen LogP contribution in [0.1, 0.15) is 19.8 Å². The van der Waals surface area contributed by atoms with Crippen molar-refractivity contribution in [3.8, 4) is 0 Å². The third kappa shape index (κ3) is 10.4. The van der Waals surface area contributed by atoms with Crippen LogP contribution in [0.15, 0.2) is 25.3 Å². The number of hydrogen-bond acceptors (Lipinski definition) is 2. The van der Waals surface area contributed by atoms with Gasteiger partial charge in [-0.2, -0.15) is 0 Å². The summed E-state index contributed by atoms with van der Waals surface area (Å²) < 4.78 is 0. The molecule has 0 aliphatic rings. The molecule has 0 radical (unpaired) electrons. The summed E-state index contributed by atoms with van der Waals surface area (Å²) in [4.78, 5) is 20.1. The molecule has 80 valence electrons. The number of allylic oxidation sites excluding steroid dienone is 1. The van der Waals surface area contributed by atoms with E-state index in [-0.39, 0.29) is 0 Å². The smallest absolute Gasteiger partial charge is 0.310 e. The second-order valence-corrected chi connectivity index (χ2v) is 2.48. The quantitative estimate of drug-likeness (QED) is 0.665. The largest absolute Gasteiger partial charge is 0.481 e. The lowest BCUT2D eigenvalue weighted by Gasteiger charge is -2.00. The molecule has 0 spiro atoms. The van der Waals surface area contributed by atoms with Gasteiger partial charge in [0.05, 0.1) is 12.3 Å². The fourth-order valence-corrected chi connectivity index (χ4v) is 0.460. The van der Waals surface area contributed by atoms with Gasteiger partial charge in [0.2, 0.25) is 0 Å². The molecule has 0 bridgehead atoms. The highest BCUT2D eigenvalue weighted by atomic mass is 16.4. The highest BCUT2D eigenvalue weighted by Crippen LogP contribution is 2.03. The van der Waals surface area contributed by atoms with Gasteiger partial charge in [0.15, 0.2) is 0 Å². The Morgan fingerprint density at radius 1 is 1.36 bits per heavy atom. The third-order valence-electron chi connectivity index (χ3n) is 1.28. The van der Waals surface area contributed by atoms with E-state index in [1.165, 1.54) is 0 Å². The van der Waals surface area contributed by atoms with Crippen LogP contribution in [0.25, 0.3) is 0 Å². The summed E-state index contributed by atoms with van der Waals surface area (Å²) in [6.07, 6.45) is 3.66. The van der Waals surface area contributed by atoms with Crippen molar-refractivity contribution in [2.45, 2.75) is 19.8 Å². The molecule has 0 aromatic carbocycles. The van der Waals surface area contributed by atoms with Crippen molar-refractivity contribution < 1.29 is 19.8 Å². The predicted octanol–water partition coefficient (Wildman–Crippen LogP) is 1.93. The van der Waals surface area contributed by atoms with Gasteiger partial charge in [0.25, 0.3) is 0 Å². The Labute approximate surface area is 83.6 Å². The zero-order valence-electron chi connectivity index (χ0n) is 8.27. The number of carbonyl (C=O) groups is 2. The van der Waals surface area contributed by atoms with E-state index < -0.39 is 24.3 Å². The lowest BCUT2D eigenvalue weighted by Crippen LogP contribution is -2.14. The molecule has 0 saturated carbocycles. The first-order chi connectivity index (χ1) is 6.49. The molecular weight excluding hydrogens is 184 g/mol. The summed E-state index contributed by atoms with van der Waals surface area (Å²) in [6, 6.07) is 0. The lowest BCUT2D eigenvalue weighted by molar-refractivity contribution is -0.146. The molecule has 0 saturated heterocycles. The number of carboxylic acids is 2. The molecule has 0 aromatic heterocycles. The molecule has 4 nitrogen and oxygen atoms in total. The first kappa shape index (κ1) is 14.9. The maximum atomic E-state index is 10.1. The first-order valence-corrected chi connectivity index (χ1v) is 4.17. The summed E-state index contributed by atoms with van der Waals surface area (Å²) in [7, 11) is 0. The Kier molecular flexibility index (Phi) is 10.1. The SMILES string of the molecule is C=CC(CC(=O)O)C(=O)O.C=CCC. The zero-order chi connectivity index (χ0) is 11.6. The molecule has 1 atom stereocenters. The highest BCUT2D eigenvalue weighted by molar-refractivity contribution is 5.79. The fraction of sp³-hybridized carbons (Fsp3) is 0.400. The van der Waals surface area contributed by atoms with Gasteiger partial charge in [0, 0.05) is 0 Å². The minimum absolute atomic E-state index is 0.404. The van der Waals surface area contributed by atoms with Gasteiger partial charge in [-0.15, -0.1) is 13.2 Å². The maximum absolute atomic E-state index is 10.1. The molecule has 0 amide bonds. The van der Waals surface area contributed by atoms with Gasteiger partial charge in [-0.1, -0.05) is 19.1 Å². The number of aliphatic carboxylic acids is 2. The van der Waals surface area contributed by atoms with Crippen LogP contribution in [0, 0.1) is 5.92 Å². The van der Waals surface area contributed by atoms with E-state index in [0.29, 0.717) is 0 Å². The summed E-state index contributed by atoms with van der Waals surface area (Å²) >= 11 is 0. The van der Waals surface area contributed by atoms with Crippen molar-refractivity contribution in [1.29, 1.82) is 0 Å². The number of carboxylic acid groups (broad SMARTS) is 2. The molecule has 4 heteroatoms. The molecule has 0 aromatic rings. The van der Waals surface area contributed by atoms with Crippen molar-refractivity contribution in [2.75, 3.05) is 0 Å². The Balaban J connectivity index is 0. The summed E-state index contributed by atoms with van der Waals surface area (Å²) in [5.41, 5.74) is 0. The van der Waals surface area contributed by atoms with E-state index in [2.05, 4.69) is 20.1 Å². The first-order valence-electron chi connectivity index (χ1n) is 4.17. The van der Waals surface area contributed by atoms with Gasteiger partial charge >= 0.3 is 11.9 Å². The topological polar surface area (TPSA) is 74.6 Å². The molecule has 0 fully saturated rings. The summed E-state index contributed by atoms with van der Waals surface area (Å²) in [6.45, 7) is 8.73. The molecule has 0 aliphatic carbocycles. The average Bonchev–Trinajstić information content (AvgIpc) is 2.14. The summed E-state index contributed by atoms with van der Waals surface area (Å²) in [5, 5.41) is 16.4. The van der Waals surface area contributed by atoms with Crippen LogP contribution >= 0.6 is 0 Å². The van der Waals surface area contributed by atoms with E-state index in [1.54, 1.807) is 0 Å². The van der Waals surface area contributed by atoms with Crippen molar-refractivity contribution in [1.82, 2.24) is 0 Å². The zero-order valence-corrected chi connectivity index (χ0v) is 8.27. The summed E-state index contributed by atoms with van der Waals surface area (Å²) in [5.74, 6) is -3.26. The molecule has 14 heavy (non-hydrogen) atoms. The van der Waals surface area contributed by atoms with Crippen LogP contribution in [0.2, 0.25) is 0 Å². The van der Waals surface area contributed by atoms with Gasteiger partial charge < -0.3 is 10.2 Å². The lowest BCUT2D eigenvalue weighted by atomic mass is 10.1. The van der Waals surface area contributed by atoms with Gasteiger partial charge in [0.1, 0.15) is 0 Å². The van der Waals surface area contributed by atoms with Crippen molar-refractivity contribution >= 4 is 11.9 Å². The third-order valence-corrected chi connectivity index (χ3v) is 1.28. The van der Waals surface area contributed by atoms with E-state index in [4.69, 9.17) is 10.2 Å². The fourth-order valence-electron chi connectivity index (χ4n) is 0.460. The van der Waals surface area contributed by atoms with Gasteiger partial charge in [-0.25, -0.2) is 0 Å². The Hall–Kier alpha value is -1.58. The molecule has 2 N–H and O–H groups in total. The predicted molar refractivity (Wildman–Crippen MR) is 54.1 cm³/mol. The van der Waals surface area contributed by atoms with Crippen molar-refractivity contribution in [3.05, 3.63) is 25.3 Å².